The van der Waals surface area contributed by atoms with Gasteiger partial charge in [0.15, 0.2) is 0 Å². The second-order valence-corrected chi connectivity index (χ2v) is 3.62. The number of anilines is 1. The highest BCUT2D eigenvalue weighted by Crippen LogP contribution is 2.01. The molecule has 0 unspecified atom stereocenters. The zero-order valence-electron chi connectivity index (χ0n) is 9.02. The fraction of sp³-hybridized carbons (Fsp3) is 0.500. The predicted octanol–water partition coefficient (Wildman–Crippen LogP) is -0.680. The molecule has 1 aromatic rings. The summed E-state index contributed by atoms with van der Waals surface area (Å²) in [6, 6.07) is 1.85. The van der Waals surface area contributed by atoms with Crippen molar-refractivity contribution in [3.05, 3.63) is 18.5 Å². The molecule has 0 saturated carbocycles. The second kappa shape index (κ2) is 5.41. The molecule has 1 saturated heterocycles. The smallest absolute Gasteiger partial charge is 0.236 e. The summed E-state index contributed by atoms with van der Waals surface area (Å²) < 4.78 is 0. The molecule has 0 spiro atoms. The molecule has 0 atom stereocenters. The van der Waals surface area contributed by atoms with Crippen molar-refractivity contribution in [1.82, 2.24) is 20.4 Å². The van der Waals surface area contributed by atoms with Crippen LogP contribution in [0.15, 0.2) is 18.5 Å². The fourth-order valence-electron chi connectivity index (χ4n) is 1.61. The van der Waals surface area contributed by atoms with Gasteiger partial charge in [-0.3, -0.25) is 4.79 Å². The van der Waals surface area contributed by atoms with Gasteiger partial charge in [-0.05, 0) is 6.07 Å². The first kappa shape index (κ1) is 10.8. The maximum atomic E-state index is 11.4. The lowest BCUT2D eigenvalue weighted by atomic mass is 10.3. The topological polar surface area (TPSA) is 70.2 Å². The summed E-state index contributed by atoms with van der Waals surface area (Å²) in [7, 11) is 0. The quantitative estimate of drug-likeness (QED) is 0.705. The van der Waals surface area contributed by atoms with Crippen molar-refractivity contribution >= 4 is 11.6 Å². The lowest BCUT2D eigenvalue weighted by Gasteiger charge is -2.27. The van der Waals surface area contributed by atoms with E-state index in [1.165, 1.54) is 0 Å². The van der Waals surface area contributed by atoms with Crippen LogP contribution in [0.5, 0.6) is 0 Å². The van der Waals surface area contributed by atoms with E-state index >= 15 is 0 Å². The molecule has 0 aromatic carbocycles. The maximum Gasteiger partial charge on any atom is 0.236 e. The van der Waals surface area contributed by atoms with Gasteiger partial charge in [0, 0.05) is 26.2 Å². The Balaban J connectivity index is 1.73. The maximum absolute atomic E-state index is 11.4. The SMILES string of the molecule is O=C1CNCCN1CCNc1ccnnc1. The Morgan fingerprint density at radius 2 is 2.44 bits per heavy atom. The minimum atomic E-state index is 0.168. The van der Waals surface area contributed by atoms with Crippen LogP contribution in [0.1, 0.15) is 0 Å². The predicted molar refractivity (Wildman–Crippen MR) is 60.0 cm³/mol. The average molecular weight is 221 g/mol. The molecule has 1 aliphatic heterocycles. The van der Waals surface area contributed by atoms with Crippen molar-refractivity contribution in [2.75, 3.05) is 38.0 Å². The second-order valence-electron chi connectivity index (χ2n) is 3.62. The Labute approximate surface area is 94.0 Å². The summed E-state index contributed by atoms with van der Waals surface area (Å²) in [5.41, 5.74) is 0.928. The van der Waals surface area contributed by atoms with Gasteiger partial charge in [0.05, 0.1) is 24.6 Å². The number of piperazine rings is 1. The van der Waals surface area contributed by atoms with E-state index < -0.39 is 0 Å². The van der Waals surface area contributed by atoms with E-state index in [0.29, 0.717) is 6.54 Å². The fourth-order valence-corrected chi connectivity index (χ4v) is 1.61. The number of rotatable bonds is 4. The van der Waals surface area contributed by atoms with Crippen molar-refractivity contribution in [2.45, 2.75) is 0 Å². The van der Waals surface area contributed by atoms with E-state index in [2.05, 4.69) is 20.8 Å². The molecule has 1 aliphatic rings. The minimum Gasteiger partial charge on any atom is -0.382 e. The van der Waals surface area contributed by atoms with Gasteiger partial charge in [0.1, 0.15) is 0 Å². The highest BCUT2D eigenvalue weighted by Gasteiger charge is 2.16. The third kappa shape index (κ3) is 2.90. The molecular formula is C10H15N5O. The van der Waals surface area contributed by atoms with E-state index in [9.17, 15) is 4.79 Å². The van der Waals surface area contributed by atoms with Crippen LogP contribution in [0.3, 0.4) is 0 Å². The van der Waals surface area contributed by atoms with E-state index in [-0.39, 0.29) is 5.91 Å². The third-order valence-corrected chi connectivity index (χ3v) is 2.48. The largest absolute Gasteiger partial charge is 0.382 e. The molecule has 16 heavy (non-hydrogen) atoms. The molecule has 1 amide bonds. The highest BCUT2D eigenvalue weighted by molar-refractivity contribution is 5.79. The molecule has 0 radical (unpaired) electrons. The summed E-state index contributed by atoms with van der Waals surface area (Å²) in [6.45, 7) is 3.58. The monoisotopic (exact) mass is 221 g/mol. The molecule has 1 aromatic heterocycles. The van der Waals surface area contributed by atoms with Crippen LogP contribution in [0, 0.1) is 0 Å². The number of carbonyl (C=O) groups excluding carboxylic acids is 1. The summed E-state index contributed by atoms with van der Waals surface area (Å²) >= 11 is 0. The first-order valence-electron chi connectivity index (χ1n) is 5.35. The molecule has 6 nitrogen and oxygen atoms in total. The summed E-state index contributed by atoms with van der Waals surface area (Å²) in [4.78, 5) is 13.3. The highest BCUT2D eigenvalue weighted by atomic mass is 16.2. The standard InChI is InChI=1S/C10H15N5O/c16-10-8-11-3-5-15(10)6-4-12-9-1-2-13-14-7-9/h1-2,7,11H,3-6,8H2,(H,12,13). The van der Waals surface area contributed by atoms with Gasteiger partial charge in [0.2, 0.25) is 5.91 Å². The van der Waals surface area contributed by atoms with Gasteiger partial charge in [-0.1, -0.05) is 0 Å². The number of aromatic nitrogens is 2. The Bertz CT molecular complexity index is 342. The Morgan fingerprint density at radius 1 is 1.50 bits per heavy atom. The number of amides is 1. The van der Waals surface area contributed by atoms with Crippen molar-refractivity contribution in [3.8, 4) is 0 Å². The minimum absolute atomic E-state index is 0.168. The number of carbonyl (C=O) groups is 1. The van der Waals surface area contributed by atoms with Crippen LogP contribution in [0.4, 0.5) is 5.69 Å². The summed E-state index contributed by atoms with van der Waals surface area (Å²) in [5.74, 6) is 0.168. The van der Waals surface area contributed by atoms with Gasteiger partial charge >= 0.3 is 0 Å². The molecule has 0 bridgehead atoms. The molecule has 2 heterocycles. The third-order valence-electron chi connectivity index (χ3n) is 2.48. The van der Waals surface area contributed by atoms with Gasteiger partial charge in [-0.25, -0.2) is 0 Å². The zero-order valence-corrected chi connectivity index (χ0v) is 9.02. The van der Waals surface area contributed by atoms with Crippen LogP contribution in [0.2, 0.25) is 0 Å². The lowest BCUT2D eigenvalue weighted by molar-refractivity contribution is -0.131. The van der Waals surface area contributed by atoms with Gasteiger partial charge in [-0.15, -0.1) is 0 Å². The lowest BCUT2D eigenvalue weighted by Crippen LogP contribution is -2.49. The number of hydrogen-bond acceptors (Lipinski definition) is 5. The van der Waals surface area contributed by atoms with Crippen molar-refractivity contribution in [3.63, 3.8) is 0 Å². The van der Waals surface area contributed by atoms with Crippen LogP contribution in [0.25, 0.3) is 0 Å². The first-order valence-corrected chi connectivity index (χ1v) is 5.35. The Hall–Kier alpha value is -1.69. The summed E-state index contributed by atoms with van der Waals surface area (Å²) in [6.07, 6.45) is 3.30. The molecule has 2 rings (SSSR count). The van der Waals surface area contributed by atoms with Crippen molar-refractivity contribution in [2.24, 2.45) is 0 Å². The first-order chi connectivity index (χ1) is 7.86. The molecule has 6 heteroatoms. The molecule has 1 fully saturated rings. The van der Waals surface area contributed by atoms with Gasteiger partial charge < -0.3 is 15.5 Å². The van der Waals surface area contributed by atoms with Crippen molar-refractivity contribution in [1.29, 1.82) is 0 Å². The number of hydrogen-bond donors (Lipinski definition) is 2. The Kier molecular flexibility index (Phi) is 3.66. The molecule has 86 valence electrons. The van der Waals surface area contributed by atoms with E-state index in [0.717, 1.165) is 31.9 Å². The molecule has 2 N–H and O–H groups in total. The summed E-state index contributed by atoms with van der Waals surface area (Å²) in [5, 5.41) is 13.7. The average Bonchev–Trinajstić information content (AvgIpc) is 2.33. The number of nitrogens with zero attached hydrogens (tertiary/aromatic N) is 3. The van der Waals surface area contributed by atoms with Crippen LogP contribution >= 0.6 is 0 Å². The van der Waals surface area contributed by atoms with Crippen LogP contribution < -0.4 is 10.6 Å². The van der Waals surface area contributed by atoms with Gasteiger partial charge in [-0.2, -0.15) is 10.2 Å². The molecular weight excluding hydrogens is 206 g/mol. The number of nitrogens with one attached hydrogen (secondary N) is 2. The molecule has 0 aliphatic carbocycles. The van der Waals surface area contributed by atoms with E-state index in [4.69, 9.17) is 0 Å². The normalized spacial score (nSPS) is 16.2. The van der Waals surface area contributed by atoms with E-state index in [1.54, 1.807) is 12.4 Å². The van der Waals surface area contributed by atoms with Crippen LogP contribution in [-0.2, 0) is 4.79 Å². The van der Waals surface area contributed by atoms with Crippen molar-refractivity contribution < 1.29 is 4.79 Å². The Morgan fingerprint density at radius 3 is 3.19 bits per heavy atom. The van der Waals surface area contributed by atoms with E-state index in [1.807, 2.05) is 11.0 Å². The zero-order chi connectivity index (χ0) is 11.2. The van der Waals surface area contributed by atoms with Crippen LogP contribution in [-0.4, -0.2) is 53.7 Å². The van der Waals surface area contributed by atoms with Gasteiger partial charge in [0.25, 0.3) is 0 Å².